The maximum atomic E-state index is 5.63. The predicted octanol–water partition coefficient (Wildman–Crippen LogP) is 2.66. The van der Waals surface area contributed by atoms with Gasteiger partial charge >= 0.3 is 0 Å². The molecule has 0 saturated carbocycles. The van der Waals surface area contributed by atoms with E-state index in [0.29, 0.717) is 24.5 Å². The van der Waals surface area contributed by atoms with Crippen LogP contribution < -0.4 is 10.6 Å². The molecule has 1 saturated heterocycles. The second kappa shape index (κ2) is 9.78. The number of rotatable bonds is 7. The maximum Gasteiger partial charge on any atom is 0.191 e. The zero-order valence-corrected chi connectivity index (χ0v) is 16.3. The van der Waals surface area contributed by atoms with Gasteiger partial charge in [0.1, 0.15) is 6.10 Å². The number of nitrogens with zero attached hydrogens (tertiary/aromatic N) is 2. The first kappa shape index (κ1) is 19.7. The molecule has 1 aliphatic rings. The molecule has 1 aromatic rings. The van der Waals surface area contributed by atoms with E-state index in [2.05, 4.69) is 55.4 Å². The second-order valence-corrected chi connectivity index (χ2v) is 7.13. The van der Waals surface area contributed by atoms with Gasteiger partial charge in [-0.05, 0) is 32.3 Å². The van der Waals surface area contributed by atoms with Crippen LogP contribution in [0.1, 0.15) is 39.4 Å². The Morgan fingerprint density at radius 1 is 1.28 bits per heavy atom. The topological polar surface area (TPSA) is 48.9 Å². The van der Waals surface area contributed by atoms with E-state index in [1.165, 1.54) is 0 Å². The molecule has 3 unspecified atom stereocenters. The molecule has 0 radical (unpaired) electrons. The fraction of sp³-hybridized carbons (Fsp3) is 0.650. The van der Waals surface area contributed by atoms with E-state index in [1.54, 1.807) is 7.11 Å². The molecule has 0 spiro atoms. The van der Waals surface area contributed by atoms with E-state index in [1.807, 2.05) is 18.2 Å². The number of likely N-dealkylation sites (tertiary alicyclic amines) is 1. The SMILES string of the molecule is CCNC(=NCC(OC)c1ccccc1)NC1CN(C(C)C)CC1C. The Kier molecular flexibility index (Phi) is 7.72. The molecule has 1 heterocycles. The molecular formula is C20H34N4O. The summed E-state index contributed by atoms with van der Waals surface area (Å²) < 4.78 is 5.63. The van der Waals surface area contributed by atoms with Crippen LogP contribution in [-0.4, -0.2) is 56.2 Å². The van der Waals surface area contributed by atoms with Gasteiger partial charge in [0.25, 0.3) is 0 Å². The third-order valence-electron chi connectivity index (χ3n) is 4.91. The van der Waals surface area contributed by atoms with Crippen molar-refractivity contribution < 1.29 is 4.74 Å². The van der Waals surface area contributed by atoms with Crippen LogP contribution in [0.3, 0.4) is 0 Å². The van der Waals surface area contributed by atoms with Crippen LogP contribution in [0.2, 0.25) is 0 Å². The van der Waals surface area contributed by atoms with Crippen LogP contribution in [-0.2, 0) is 4.74 Å². The molecule has 1 fully saturated rings. The van der Waals surface area contributed by atoms with Crippen molar-refractivity contribution in [3.63, 3.8) is 0 Å². The summed E-state index contributed by atoms with van der Waals surface area (Å²) in [6.45, 7) is 12.6. The molecule has 0 bridgehead atoms. The van der Waals surface area contributed by atoms with Crippen LogP contribution in [0.15, 0.2) is 35.3 Å². The van der Waals surface area contributed by atoms with Crippen molar-refractivity contribution in [2.24, 2.45) is 10.9 Å². The van der Waals surface area contributed by atoms with E-state index < -0.39 is 0 Å². The first-order valence-electron chi connectivity index (χ1n) is 9.41. The Morgan fingerprint density at radius 2 is 2.00 bits per heavy atom. The third kappa shape index (κ3) is 5.72. The van der Waals surface area contributed by atoms with Crippen molar-refractivity contribution >= 4 is 5.96 Å². The zero-order valence-electron chi connectivity index (χ0n) is 16.3. The molecule has 0 aliphatic carbocycles. The largest absolute Gasteiger partial charge is 0.375 e. The summed E-state index contributed by atoms with van der Waals surface area (Å²) in [6.07, 6.45) is -0.0233. The molecule has 1 aromatic carbocycles. The minimum Gasteiger partial charge on any atom is -0.375 e. The molecule has 2 rings (SSSR count). The van der Waals surface area contributed by atoms with Gasteiger partial charge < -0.3 is 15.4 Å². The molecule has 2 N–H and O–H groups in total. The maximum absolute atomic E-state index is 5.63. The number of hydrogen-bond donors (Lipinski definition) is 2. The molecule has 0 amide bonds. The van der Waals surface area contributed by atoms with E-state index in [9.17, 15) is 0 Å². The van der Waals surface area contributed by atoms with Crippen molar-refractivity contribution in [2.45, 2.75) is 45.9 Å². The molecule has 5 nitrogen and oxygen atoms in total. The first-order chi connectivity index (χ1) is 12.0. The van der Waals surface area contributed by atoms with E-state index in [-0.39, 0.29) is 6.10 Å². The lowest BCUT2D eigenvalue weighted by Gasteiger charge is -2.22. The van der Waals surface area contributed by atoms with Crippen LogP contribution in [0.5, 0.6) is 0 Å². The standard InChI is InChI=1S/C20H34N4O/c1-6-21-20(23-18-14-24(15(2)3)13-16(18)4)22-12-19(25-5)17-10-8-7-9-11-17/h7-11,15-16,18-19H,6,12-14H2,1-5H3,(H2,21,22,23). The number of benzene rings is 1. The number of ether oxygens (including phenoxy) is 1. The summed E-state index contributed by atoms with van der Waals surface area (Å²) in [7, 11) is 1.74. The van der Waals surface area contributed by atoms with E-state index in [0.717, 1.165) is 31.2 Å². The zero-order chi connectivity index (χ0) is 18.2. The summed E-state index contributed by atoms with van der Waals surface area (Å²) >= 11 is 0. The summed E-state index contributed by atoms with van der Waals surface area (Å²) in [5.41, 5.74) is 1.16. The summed E-state index contributed by atoms with van der Waals surface area (Å²) in [5.74, 6) is 1.49. The second-order valence-electron chi connectivity index (χ2n) is 7.13. The minimum absolute atomic E-state index is 0.0233. The highest BCUT2D eigenvalue weighted by atomic mass is 16.5. The van der Waals surface area contributed by atoms with Gasteiger partial charge in [0.2, 0.25) is 0 Å². The molecular weight excluding hydrogens is 312 g/mol. The van der Waals surface area contributed by atoms with Gasteiger partial charge in [0.05, 0.1) is 6.54 Å². The fourth-order valence-electron chi connectivity index (χ4n) is 3.27. The average Bonchev–Trinajstić information content (AvgIpc) is 2.97. The lowest BCUT2D eigenvalue weighted by atomic mass is 10.1. The minimum atomic E-state index is -0.0233. The van der Waals surface area contributed by atoms with E-state index in [4.69, 9.17) is 9.73 Å². The van der Waals surface area contributed by atoms with Crippen LogP contribution >= 0.6 is 0 Å². The lowest BCUT2D eigenvalue weighted by molar-refractivity contribution is 0.111. The Hall–Kier alpha value is -1.59. The highest BCUT2D eigenvalue weighted by Crippen LogP contribution is 2.19. The van der Waals surface area contributed by atoms with Gasteiger partial charge in [0, 0.05) is 38.8 Å². The highest BCUT2D eigenvalue weighted by molar-refractivity contribution is 5.80. The highest BCUT2D eigenvalue weighted by Gasteiger charge is 2.31. The van der Waals surface area contributed by atoms with E-state index >= 15 is 0 Å². The summed E-state index contributed by atoms with van der Waals surface area (Å²) in [4.78, 5) is 7.30. The molecule has 3 atom stereocenters. The fourth-order valence-corrected chi connectivity index (χ4v) is 3.27. The van der Waals surface area contributed by atoms with Crippen molar-refractivity contribution in [2.75, 3.05) is 33.3 Å². The van der Waals surface area contributed by atoms with Gasteiger partial charge in [-0.25, -0.2) is 0 Å². The summed E-state index contributed by atoms with van der Waals surface area (Å²) in [5, 5.41) is 6.99. The Labute approximate surface area is 152 Å². The van der Waals surface area contributed by atoms with Gasteiger partial charge in [0.15, 0.2) is 5.96 Å². The normalized spacial score (nSPS) is 23.0. The number of nitrogens with one attached hydrogen (secondary N) is 2. The molecule has 0 aromatic heterocycles. The van der Waals surface area contributed by atoms with Crippen LogP contribution in [0.25, 0.3) is 0 Å². The Balaban J connectivity index is 2.00. The van der Waals surface area contributed by atoms with Crippen LogP contribution in [0, 0.1) is 5.92 Å². The number of hydrogen-bond acceptors (Lipinski definition) is 3. The van der Waals surface area contributed by atoms with Gasteiger partial charge in [-0.1, -0.05) is 37.3 Å². The third-order valence-corrected chi connectivity index (χ3v) is 4.91. The number of guanidine groups is 1. The van der Waals surface area contributed by atoms with Gasteiger partial charge in [-0.3, -0.25) is 9.89 Å². The average molecular weight is 347 g/mol. The lowest BCUT2D eigenvalue weighted by Crippen LogP contribution is -2.47. The first-order valence-corrected chi connectivity index (χ1v) is 9.41. The van der Waals surface area contributed by atoms with Gasteiger partial charge in [-0.15, -0.1) is 0 Å². The Bertz CT molecular complexity index is 532. The smallest absolute Gasteiger partial charge is 0.191 e. The van der Waals surface area contributed by atoms with Crippen LogP contribution in [0.4, 0.5) is 0 Å². The molecule has 1 aliphatic heterocycles. The number of aliphatic imine (C=N–C) groups is 1. The number of methoxy groups -OCH3 is 1. The predicted molar refractivity (Wildman–Crippen MR) is 105 cm³/mol. The molecule has 25 heavy (non-hydrogen) atoms. The van der Waals surface area contributed by atoms with Crippen molar-refractivity contribution in [3.05, 3.63) is 35.9 Å². The van der Waals surface area contributed by atoms with Crippen molar-refractivity contribution in [1.82, 2.24) is 15.5 Å². The monoisotopic (exact) mass is 346 g/mol. The summed E-state index contributed by atoms with van der Waals surface area (Å²) in [6, 6.07) is 11.3. The van der Waals surface area contributed by atoms with Gasteiger partial charge in [-0.2, -0.15) is 0 Å². The quantitative estimate of drug-likeness (QED) is 0.589. The van der Waals surface area contributed by atoms with Crippen molar-refractivity contribution in [1.29, 1.82) is 0 Å². The molecule has 5 heteroatoms. The Morgan fingerprint density at radius 3 is 2.56 bits per heavy atom. The van der Waals surface area contributed by atoms with Crippen molar-refractivity contribution in [3.8, 4) is 0 Å². The molecule has 140 valence electrons.